The van der Waals surface area contributed by atoms with Crippen molar-refractivity contribution in [3.63, 3.8) is 0 Å². The highest BCUT2D eigenvalue weighted by molar-refractivity contribution is 5.99. The number of amides is 2. The summed E-state index contributed by atoms with van der Waals surface area (Å²) in [7, 11) is 3.73. The van der Waals surface area contributed by atoms with Crippen LogP contribution in [0.15, 0.2) is 24.3 Å². The van der Waals surface area contributed by atoms with Crippen LogP contribution in [-0.4, -0.2) is 61.9 Å². The number of rotatable bonds is 5. The van der Waals surface area contributed by atoms with Gasteiger partial charge in [0.05, 0.1) is 0 Å². The van der Waals surface area contributed by atoms with Gasteiger partial charge < -0.3 is 15.1 Å². The van der Waals surface area contributed by atoms with E-state index < -0.39 is 0 Å². The molecule has 2 rings (SSSR count). The van der Waals surface area contributed by atoms with Gasteiger partial charge in [0, 0.05) is 37.8 Å². The first-order valence-electron chi connectivity index (χ1n) is 8.36. The molecule has 126 valence electrons. The van der Waals surface area contributed by atoms with Crippen molar-refractivity contribution < 1.29 is 9.59 Å². The summed E-state index contributed by atoms with van der Waals surface area (Å²) >= 11 is 0. The number of hydrogen-bond donors (Lipinski definition) is 1. The Hall–Kier alpha value is -1.88. The van der Waals surface area contributed by atoms with Crippen molar-refractivity contribution in [2.24, 2.45) is 5.92 Å². The Kier molecular flexibility index (Phi) is 6.16. The highest BCUT2D eigenvalue weighted by Crippen LogP contribution is 2.19. The lowest BCUT2D eigenvalue weighted by atomic mass is 9.96. The summed E-state index contributed by atoms with van der Waals surface area (Å²) in [5.74, 6) is 0.631. The lowest BCUT2D eigenvalue weighted by molar-refractivity contribution is 0.0691. The van der Waals surface area contributed by atoms with E-state index in [1.165, 1.54) is 0 Å². The molecule has 2 amide bonds. The molecule has 1 heterocycles. The molecule has 1 N–H and O–H groups in total. The summed E-state index contributed by atoms with van der Waals surface area (Å²) in [5, 5.41) is 3.20. The average Bonchev–Trinajstić information content (AvgIpc) is 2.61. The summed E-state index contributed by atoms with van der Waals surface area (Å²) in [5.41, 5.74) is 1.18. The van der Waals surface area contributed by atoms with E-state index in [9.17, 15) is 9.59 Å². The van der Waals surface area contributed by atoms with Gasteiger partial charge in [0.25, 0.3) is 11.8 Å². The third-order valence-corrected chi connectivity index (χ3v) is 4.57. The van der Waals surface area contributed by atoms with Crippen LogP contribution in [0.3, 0.4) is 0 Å². The molecule has 0 aliphatic carbocycles. The number of carbonyl (C=O) groups excluding carboxylic acids is 2. The molecule has 23 heavy (non-hydrogen) atoms. The number of piperidine rings is 1. The Labute approximate surface area is 138 Å². The fourth-order valence-electron chi connectivity index (χ4n) is 2.96. The van der Waals surface area contributed by atoms with E-state index in [4.69, 9.17) is 0 Å². The van der Waals surface area contributed by atoms with Crippen molar-refractivity contribution in [2.75, 3.05) is 40.3 Å². The molecule has 0 unspecified atom stereocenters. The van der Waals surface area contributed by atoms with Crippen LogP contribution in [-0.2, 0) is 0 Å². The first-order valence-corrected chi connectivity index (χ1v) is 8.36. The van der Waals surface area contributed by atoms with Crippen molar-refractivity contribution in [2.45, 2.75) is 19.8 Å². The highest BCUT2D eigenvalue weighted by atomic mass is 16.2. The number of hydrogen-bond acceptors (Lipinski definition) is 3. The summed E-state index contributed by atoms with van der Waals surface area (Å²) in [6, 6.07) is 7.07. The lowest BCUT2D eigenvalue weighted by Gasteiger charge is -2.32. The van der Waals surface area contributed by atoms with Crippen LogP contribution in [0.2, 0.25) is 0 Å². The molecule has 1 aromatic carbocycles. The zero-order valence-corrected chi connectivity index (χ0v) is 14.3. The first kappa shape index (κ1) is 17.5. The smallest absolute Gasteiger partial charge is 0.253 e. The molecule has 0 saturated carbocycles. The maximum Gasteiger partial charge on any atom is 0.253 e. The molecule has 0 spiro atoms. The average molecular weight is 317 g/mol. The van der Waals surface area contributed by atoms with E-state index in [-0.39, 0.29) is 11.8 Å². The van der Waals surface area contributed by atoms with E-state index in [1.807, 2.05) is 18.9 Å². The molecule has 0 radical (unpaired) electrons. The molecular weight excluding hydrogens is 290 g/mol. The fraction of sp³-hybridized carbons (Fsp3) is 0.556. The van der Waals surface area contributed by atoms with Crippen molar-refractivity contribution in [1.82, 2.24) is 15.1 Å². The van der Waals surface area contributed by atoms with Crippen molar-refractivity contribution in [1.29, 1.82) is 0 Å². The minimum absolute atomic E-state index is 0.0294. The summed E-state index contributed by atoms with van der Waals surface area (Å²) < 4.78 is 0. The zero-order chi connectivity index (χ0) is 16.8. The molecule has 1 aliphatic rings. The maximum atomic E-state index is 12.7. The van der Waals surface area contributed by atoms with E-state index in [2.05, 4.69) is 5.32 Å². The Morgan fingerprint density at radius 3 is 2.52 bits per heavy atom. The fourth-order valence-corrected chi connectivity index (χ4v) is 2.96. The number of nitrogens with one attached hydrogen (secondary N) is 1. The molecule has 0 atom stereocenters. The van der Waals surface area contributed by atoms with Crippen molar-refractivity contribution >= 4 is 11.8 Å². The van der Waals surface area contributed by atoms with Crippen molar-refractivity contribution in [3.05, 3.63) is 35.4 Å². The van der Waals surface area contributed by atoms with E-state index in [0.717, 1.165) is 32.5 Å². The van der Waals surface area contributed by atoms with Gasteiger partial charge in [0.2, 0.25) is 0 Å². The van der Waals surface area contributed by atoms with E-state index in [1.54, 1.807) is 36.2 Å². The van der Waals surface area contributed by atoms with Crippen molar-refractivity contribution in [3.8, 4) is 0 Å². The topological polar surface area (TPSA) is 52.7 Å². The molecule has 1 aliphatic heterocycles. The molecule has 1 fully saturated rings. The molecule has 5 heteroatoms. The third-order valence-electron chi connectivity index (χ3n) is 4.57. The second kappa shape index (κ2) is 8.11. The molecular formula is C18H27N3O2. The monoisotopic (exact) mass is 317 g/mol. The quantitative estimate of drug-likeness (QED) is 0.902. The number of nitrogens with zero attached hydrogens (tertiary/aromatic N) is 2. The molecule has 1 aromatic rings. The lowest BCUT2D eigenvalue weighted by Crippen LogP contribution is -2.40. The Morgan fingerprint density at radius 1 is 1.26 bits per heavy atom. The molecule has 0 aromatic heterocycles. The minimum atomic E-state index is -0.0464. The Bertz CT molecular complexity index is 551. The van der Waals surface area contributed by atoms with Gasteiger partial charge in [-0.1, -0.05) is 6.07 Å². The van der Waals surface area contributed by atoms with Crippen LogP contribution >= 0.6 is 0 Å². The van der Waals surface area contributed by atoms with Crippen LogP contribution in [0.4, 0.5) is 0 Å². The Balaban J connectivity index is 2.04. The van der Waals surface area contributed by atoms with E-state index in [0.29, 0.717) is 23.6 Å². The van der Waals surface area contributed by atoms with Gasteiger partial charge >= 0.3 is 0 Å². The van der Waals surface area contributed by atoms with Crippen LogP contribution in [0.25, 0.3) is 0 Å². The van der Waals surface area contributed by atoms with Gasteiger partial charge in [-0.25, -0.2) is 0 Å². The second-order valence-electron chi connectivity index (χ2n) is 6.19. The SMILES string of the molecule is CCN(C)C(=O)c1cccc(C(=O)N2CCC(CNC)CC2)c1. The Morgan fingerprint density at radius 2 is 1.91 bits per heavy atom. The van der Waals surface area contributed by atoms with Crippen LogP contribution in [0.5, 0.6) is 0 Å². The van der Waals surface area contributed by atoms with Gasteiger partial charge in [0.15, 0.2) is 0 Å². The summed E-state index contributed by atoms with van der Waals surface area (Å²) in [6.45, 7) is 5.17. The summed E-state index contributed by atoms with van der Waals surface area (Å²) in [4.78, 5) is 28.4. The summed E-state index contributed by atoms with van der Waals surface area (Å²) in [6.07, 6.45) is 2.06. The van der Waals surface area contributed by atoms with Crippen LogP contribution < -0.4 is 5.32 Å². The number of benzene rings is 1. The standard InChI is InChI=1S/C18H27N3O2/c1-4-20(3)17(22)15-6-5-7-16(12-15)18(23)21-10-8-14(9-11-21)13-19-2/h5-7,12,14,19H,4,8-11,13H2,1-3H3. The van der Waals surface area contributed by atoms with Gasteiger partial charge in [-0.3, -0.25) is 9.59 Å². The predicted octanol–water partition coefficient (Wildman–Crippen LogP) is 1.85. The number of carbonyl (C=O) groups is 2. The normalized spacial score (nSPS) is 15.5. The zero-order valence-electron chi connectivity index (χ0n) is 14.3. The van der Waals surface area contributed by atoms with Gasteiger partial charge in [0.1, 0.15) is 0 Å². The van der Waals surface area contributed by atoms with Crippen LogP contribution in [0.1, 0.15) is 40.5 Å². The van der Waals surface area contributed by atoms with Gasteiger partial charge in [-0.2, -0.15) is 0 Å². The minimum Gasteiger partial charge on any atom is -0.342 e. The molecule has 0 bridgehead atoms. The van der Waals surface area contributed by atoms with E-state index >= 15 is 0 Å². The predicted molar refractivity (Wildman–Crippen MR) is 91.6 cm³/mol. The molecule has 1 saturated heterocycles. The largest absolute Gasteiger partial charge is 0.342 e. The van der Waals surface area contributed by atoms with Gasteiger partial charge in [-0.05, 0) is 57.5 Å². The molecule has 5 nitrogen and oxygen atoms in total. The number of likely N-dealkylation sites (tertiary alicyclic amines) is 1. The van der Waals surface area contributed by atoms with Gasteiger partial charge in [-0.15, -0.1) is 0 Å². The van der Waals surface area contributed by atoms with Crippen LogP contribution in [0, 0.1) is 5.92 Å². The first-order chi connectivity index (χ1) is 11.1. The third kappa shape index (κ3) is 4.32. The second-order valence-corrected chi connectivity index (χ2v) is 6.19. The maximum absolute atomic E-state index is 12.7. The highest BCUT2D eigenvalue weighted by Gasteiger charge is 2.23.